The van der Waals surface area contributed by atoms with E-state index in [2.05, 4.69) is 10.2 Å². The van der Waals surface area contributed by atoms with Crippen LogP contribution in [0.15, 0.2) is 54.6 Å². The molecule has 1 atom stereocenters. The van der Waals surface area contributed by atoms with Crippen molar-refractivity contribution in [3.05, 3.63) is 60.2 Å². The molecule has 1 N–H and O–H groups in total. The van der Waals surface area contributed by atoms with Gasteiger partial charge in [0.05, 0.1) is 6.61 Å². The van der Waals surface area contributed by atoms with Gasteiger partial charge in [-0.05, 0) is 63.2 Å². The van der Waals surface area contributed by atoms with Crippen molar-refractivity contribution in [2.24, 2.45) is 0 Å². The van der Waals surface area contributed by atoms with E-state index in [0.717, 1.165) is 37.1 Å². The van der Waals surface area contributed by atoms with Crippen molar-refractivity contribution >= 4 is 17.5 Å². The summed E-state index contributed by atoms with van der Waals surface area (Å²) in [5.74, 6) is 0.611. The Morgan fingerprint density at radius 3 is 2.50 bits per heavy atom. The summed E-state index contributed by atoms with van der Waals surface area (Å²) in [5.41, 5.74) is 1.51. The van der Waals surface area contributed by atoms with Gasteiger partial charge in [-0.3, -0.25) is 9.59 Å². The van der Waals surface area contributed by atoms with Gasteiger partial charge < -0.3 is 19.9 Å². The SMILES string of the molecule is CN(C)CCCOc1ccc(NC(=O)C(c2ccccc2)N2CCCCC2=O)cc1. The number of benzene rings is 2. The second-order valence-electron chi connectivity index (χ2n) is 7.88. The highest BCUT2D eigenvalue weighted by molar-refractivity contribution is 5.98. The zero-order valence-electron chi connectivity index (χ0n) is 17.8. The van der Waals surface area contributed by atoms with Crippen molar-refractivity contribution in [1.29, 1.82) is 0 Å². The lowest BCUT2D eigenvalue weighted by Gasteiger charge is -2.34. The lowest BCUT2D eigenvalue weighted by Crippen LogP contribution is -2.43. The van der Waals surface area contributed by atoms with Gasteiger partial charge >= 0.3 is 0 Å². The minimum atomic E-state index is -0.624. The molecule has 6 heteroatoms. The normalized spacial score (nSPS) is 15.2. The number of anilines is 1. The average molecular weight is 410 g/mol. The molecule has 6 nitrogen and oxygen atoms in total. The van der Waals surface area contributed by atoms with Gasteiger partial charge in [-0.15, -0.1) is 0 Å². The summed E-state index contributed by atoms with van der Waals surface area (Å²) in [4.78, 5) is 29.5. The van der Waals surface area contributed by atoms with Crippen LogP contribution < -0.4 is 10.1 Å². The maximum Gasteiger partial charge on any atom is 0.251 e. The second-order valence-corrected chi connectivity index (χ2v) is 7.88. The molecule has 0 aromatic heterocycles. The zero-order chi connectivity index (χ0) is 21.3. The highest BCUT2D eigenvalue weighted by atomic mass is 16.5. The number of amides is 2. The topological polar surface area (TPSA) is 61.9 Å². The molecule has 0 spiro atoms. The van der Waals surface area contributed by atoms with E-state index in [4.69, 9.17) is 4.74 Å². The van der Waals surface area contributed by atoms with Crippen LogP contribution in [0.25, 0.3) is 0 Å². The Kier molecular flexibility index (Phi) is 7.85. The van der Waals surface area contributed by atoms with Crippen LogP contribution in [0, 0.1) is 0 Å². The first-order valence-electron chi connectivity index (χ1n) is 10.6. The molecule has 1 fully saturated rings. The van der Waals surface area contributed by atoms with Crippen molar-refractivity contribution in [3.63, 3.8) is 0 Å². The summed E-state index contributed by atoms with van der Waals surface area (Å²) >= 11 is 0. The number of hydrogen-bond acceptors (Lipinski definition) is 4. The van der Waals surface area contributed by atoms with Crippen LogP contribution in [-0.4, -0.2) is 55.4 Å². The summed E-state index contributed by atoms with van der Waals surface area (Å²) in [6.07, 6.45) is 3.25. The number of nitrogens with zero attached hydrogens (tertiary/aromatic N) is 2. The molecule has 1 aliphatic heterocycles. The number of carbonyl (C=O) groups is 2. The molecule has 2 aromatic carbocycles. The molecule has 2 aromatic rings. The number of nitrogens with one attached hydrogen (secondary N) is 1. The highest BCUT2D eigenvalue weighted by Gasteiger charge is 2.32. The smallest absolute Gasteiger partial charge is 0.251 e. The molecular formula is C24H31N3O3. The minimum absolute atomic E-state index is 0.0340. The third-order valence-corrected chi connectivity index (χ3v) is 5.18. The molecule has 0 saturated carbocycles. The molecule has 3 rings (SSSR count). The Hall–Kier alpha value is -2.86. The predicted molar refractivity (Wildman–Crippen MR) is 118 cm³/mol. The Bertz CT molecular complexity index is 821. The molecule has 0 bridgehead atoms. The van der Waals surface area contributed by atoms with Crippen LogP contribution in [-0.2, 0) is 9.59 Å². The third kappa shape index (κ3) is 6.07. The van der Waals surface area contributed by atoms with Crippen LogP contribution in [0.3, 0.4) is 0 Å². The molecule has 1 aliphatic rings. The van der Waals surface area contributed by atoms with E-state index in [0.29, 0.717) is 25.3 Å². The lowest BCUT2D eigenvalue weighted by molar-refractivity contribution is -0.141. The Morgan fingerprint density at radius 1 is 1.10 bits per heavy atom. The van der Waals surface area contributed by atoms with Crippen LogP contribution in [0.5, 0.6) is 5.75 Å². The summed E-state index contributed by atoms with van der Waals surface area (Å²) < 4.78 is 5.75. The molecule has 1 heterocycles. The molecule has 0 radical (unpaired) electrons. The number of ether oxygens (including phenoxy) is 1. The quantitative estimate of drug-likeness (QED) is 0.642. The maximum atomic E-state index is 13.2. The van der Waals surface area contributed by atoms with Crippen molar-refractivity contribution in [2.45, 2.75) is 31.7 Å². The number of piperidine rings is 1. The standard InChI is InChI=1S/C24H31N3O3/c1-26(2)16-8-18-30-21-14-12-20(13-15-21)25-24(29)23(19-9-4-3-5-10-19)27-17-7-6-11-22(27)28/h3-5,9-10,12-15,23H,6-8,11,16-18H2,1-2H3,(H,25,29). The summed E-state index contributed by atoms with van der Waals surface area (Å²) in [6.45, 7) is 2.23. The monoisotopic (exact) mass is 409 g/mol. The molecule has 2 amide bonds. The number of hydrogen-bond donors (Lipinski definition) is 1. The van der Waals surface area contributed by atoms with Gasteiger partial charge in [0, 0.05) is 25.2 Å². The summed E-state index contributed by atoms with van der Waals surface area (Å²) in [5, 5.41) is 2.97. The second kappa shape index (κ2) is 10.8. The molecule has 160 valence electrons. The summed E-state index contributed by atoms with van der Waals surface area (Å²) in [6, 6.07) is 16.3. The van der Waals surface area contributed by atoms with Crippen molar-refractivity contribution in [1.82, 2.24) is 9.80 Å². The van der Waals surface area contributed by atoms with Crippen molar-refractivity contribution in [2.75, 3.05) is 39.1 Å². The van der Waals surface area contributed by atoms with Gasteiger partial charge in [-0.25, -0.2) is 0 Å². The van der Waals surface area contributed by atoms with Gasteiger partial charge in [-0.2, -0.15) is 0 Å². The molecule has 1 unspecified atom stereocenters. The van der Waals surface area contributed by atoms with E-state index in [9.17, 15) is 9.59 Å². The van der Waals surface area contributed by atoms with Gasteiger partial charge in [-0.1, -0.05) is 30.3 Å². The highest BCUT2D eigenvalue weighted by Crippen LogP contribution is 2.27. The molecule has 30 heavy (non-hydrogen) atoms. The number of likely N-dealkylation sites (tertiary alicyclic amines) is 1. The fourth-order valence-corrected chi connectivity index (χ4v) is 3.62. The van der Waals surface area contributed by atoms with Gasteiger partial charge in [0.2, 0.25) is 5.91 Å². The third-order valence-electron chi connectivity index (χ3n) is 5.18. The molecule has 1 saturated heterocycles. The fraction of sp³-hybridized carbons (Fsp3) is 0.417. The van der Waals surface area contributed by atoms with E-state index >= 15 is 0 Å². The number of carbonyl (C=O) groups excluding carboxylic acids is 2. The van der Waals surface area contributed by atoms with Crippen LogP contribution >= 0.6 is 0 Å². The first-order chi connectivity index (χ1) is 14.5. The molecule has 0 aliphatic carbocycles. The van der Waals surface area contributed by atoms with Gasteiger partial charge in [0.15, 0.2) is 0 Å². The van der Waals surface area contributed by atoms with Crippen LogP contribution in [0.4, 0.5) is 5.69 Å². The van der Waals surface area contributed by atoms with E-state index in [1.807, 2.05) is 68.7 Å². The van der Waals surface area contributed by atoms with E-state index < -0.39 is 6.04 Å². The van der Waals surface area contributed by atoms with Crippen molar-refractivity contribution < 1.29 is 14.3 Å². The van der Waals surface area contributed by atoms with E-state index in [-0.39, 0.29) is 11.8 Å². The predicted octanol–water partition coefficient (Wildman–Crippen LogP) is 3.71. The van der Waals surface area contributed by atoms with Gasteiger partial charge in [0.1, 0.15) is 11.8 Å². The first-order valence-corrected chi connectivity index (χ1v) is 10.6. The minimum Gasteiger partial charge on any atom is -0.494 e. The lowest BCUT2D eigenvalue weighted by atomic mass is 10.0. The number of rotatable bonds is 9. The Labute approximate surface area is 178 Å². The Balaban J connectivity index is 1.66. The molecular weight excluding hydrogens is 378 g/mol. The fourth-order valence-electron chi connectivity index (χ4n) is 3.62. The van der Waals surface area contributed by atoms with Crippen molar-refractivity contribution in [3.8, 4) is 5.75 Å². The van der Waals surface area contributed by atoms with E-state index in [1.165, 1.54) is 0 Å². The largest absolute Gasteiger partial charge is 0.494 e. The summed E-state index contributed by atoms with van der Waals surface area (Å²) in [7, 11) is 4.08. The van der Waals surface area contributed by atoms with Gasteiger partial charge in [0.25, 0.3) is 5.91 Å². The van der Waals surface area contributed by atoms with Crippen LogP contribution in [0.1, 0.15) is 37.3 Å². The maximum absolute atomic E-state index is 13.2. The first kappa shape index (κ1) is 21.8. The van der Waals surface area contributed by atoms with Crippen LogP contribution in [0.2, 0.25) is 0 Å². The zero-order valence-corrected chi connectivity index (χ0v) is 17.8. The van der Waals surface area contributed by atoms with E-state index in [1.54, 1.807) is 4.90 Å². The average Bonchev–Trinajstić information content (AvgIpc) is 2.74. The Morgan fingerprint density at radius 2 is 1.83 bits per heavy atom.